The number of hydrogen-bond acceptors (Lipinski definition) is 2. The van der Waals surface area contributed by atoms with Crippen LogP contribution in [-0.2, 0) is 23.3 Å². The van der Waals surface area contributed by atoms with Crippen LogP contribution in [0.1, 0.15) is 37.7 Å². The van der Waals surface area contributed by atoms with Gasteiger partial charge < -0.3 is 4.74 Å². The van der Waals surface area contributed by atoms with E-state index in [9.17, 15) is 0 Å². The third-order valence-electron chi connectivity index (χ3n) is 2.67. The van der Waals surface area contributed by atoms with E-state index in [1.165, 1.54) is 11.3 Å². The van der Waals surface area contributed by atoms with Gasteiger partial charge in [0.15, 0.2) is 0 Å². The fourth-order valence-corrected chi connectivity index (χ4v) is 2.26. The number of aryl methyl sites for hydroxylation is 1. The van der Waals surface area contributed by atoms with Gasteiger partial charge in [-0.05, 0) is 12.3 Å². The molecule has 0 saturated carbocycles. The van der Waals surface area contributed by atoms with Gasteiger partial charge in [0.2, 0.25) is 0 Å². The Morgan fingerprint density at radius 2 is 2.07 bits per heavy atom. The zero-order chi connectivity index (χ0) is 10.3. The van der Waals surface area contributed by atoms with Crippen molar-refractivity contribution in [2.75, 3.05) is 6.61 Å². The van der Waals surface area contributed by atoms with E-state index in [-0.39, 0.29) is 5.41 Å². The van der Waals surface area contributed by atoms with E-state index >= 15 is 0 Å². The molecule has 1 aromatic rings. The highest BCUT2D eigenvalue weighted by Crippen LogP contribution is 2.30. The van der Waals surface area contributed by atoms with Crippen molar-refractivity contribution in [3.8, 4) is 0 Å². The van der Waals surface area contributed by atoms with E-state index in [1.807, 2.05) is 0 Å². The van der Waals surface area contributed by atoms with Crippen LogP contribution in [0.3, 0.4) is 0 Å². The molecule has 0 N–H and O–H groups in total. The molecule has 0 radical (unpaired) electrons. The number of aromatic nitrogens is 2. The molecular formula is C11H18N2O. The number of hydrogen-bond donors (Lipinski definition) is 0. The minimum Gasteiger partial charge on any atom is -0.373 e. The summed E-state index contributed by atoms with van der Waals surface area (Å²) in [5, 5.41) is 4.55. The number of ether oxygens (including phenoxy) is 1. The van der Waals surface area contributed by atoms with Crippen LogP contribution >= 0.6 is 0 Å². The minimum atomic E-state index is 0.165. The van der Waals surface area contributed by atoms with Crippen LogP contribution in [-0.4, -0.2) is 16.4 Å². The fraction of sp³-hybridized carbons (Fsp3) is 0.727. The highest BCUT2D eigenvalue weighted by atomic mass is 16.5. The molecular weight excluding hydrogens is 176 g/mol. The van der Waals surface area contributed by atoms with E-state index in [4.69, 9.17) is 4.74 Å². The van der Waals surface area contributed by atoms with Crippen molar-refractivity contribution in [1.82, 2.24) is 9.78 Å². The summed E-state index contributed by atoms with van der Waals surface area (Å²) in [7, 11) is 0. The molecule has 0 saturated heterocycles. The molecule has 3 heteroatoms. The largest absolute Gasteiger partial charge is 0.373 e. The van der Waals surface area contributed by atoms with Crippen LogP contribution in [0, 0.1) is 6.92 Å². The normalized spacial score (nSPS) is 16.9. The lowest BCUT2D eigenvalue weighted by Gasteiger charge is -2.22. The van der Waals surface area contributed by atoms with Gasteiger partial charge in [-0.25, -0.2) is 0 Å². The summed E-state index contributed by atoms with van der Waals surface area (Å²) in [6, 6.07) is 0. The quantitative estimate of drug-likeness (QED) is 0.631. The molecule has 1 aromatic heterocycles. The third-order valence-corrected chi connectivity index (χ3v) is 2.67. The molecule has 0 spiro atoms. The van der Waals surface area contributed by atoms with Gasteiger partial charge in [0.25, 0.3) is 0 Å². The van der Waals surface area contributed by atoms with E-state index in [2.05, 4.69) is 37.5 Å². The Morgan fingerprint density at radius 3 is 2.71 bits per heavy atom. The van der Waals surface area contributed by atoms with Crippen LogP contribution in [0.5, 0.6) is 0 Å². The molecule has 1 aliphatic rings. The van der Waals surface area contributed by atoms with Crippen LogP contribution in [0.25, 0.3) is 0 Å². The van der Waals surface area contributed by atoms with Crippen molar-refractivity contribution in [3.63, 3.8) is 0 Å². The Hall–Kier alpha value is -0.830. The molecule has 0 amide bonds. The Bertz CT molecular complexity index is 347. The van der Waals surface area contributed by atoms with Crippen molar-refractivity contribution in [3.05, 3.63) is 17.0 Å². The second kappa shape index (κ2) is 3.09. The molecule has 14 heavy (non-hydrogen) atoms. The first-order valence-corrected chi connectivity index (χ1v) is 5.14. The second-order valence-corrected chi connectivity index (χ2v) is 4.93. The molecule has 2 heterocycles. The highest BCUT2D eigenvalue weighted by molar-refractivity contribution is 5.32. The summed E-state index contributed by atoms with van der Waals surface area (Å²) < 4.78 is 7.58. The van der Waals surface area contributed by atoms with Gasteiger partial charge in [-0.15, -0.1) is 0 Å². The van der Waals surface area contributed by atoms with Gasteiger partial charge in [0.05, 0.1) is 31.1 Å². The second-order valence-electron chi connectivity index (χ2n) is 4.93. The first-order valence-electron chi connectivity index (χ1n) is 5.14. The van der Waals surface area contributed by atoms with Gasteiger partial charge in [-0.3, -0.25) is 4.68 Å². The first kappa shape index (κ1) is 9.71. The van der Waals surface area contributed by atoms with Gasteiger partial charge in [-0.1, -0.05) is 20.8 Å². The van der Waals surface area contributed by atoms with E-state index in [1.54, 1.807) is 0 Å². The van der Waals surface area contributed by atoms with Crippen molar-refractivity contribution >= 4 is 0 Å². The van der Waals surface area contributed by atoms with Gasteiger partial charge >= 0.3 is 0 Å². The van der Waals surface area contributed by atoms with E-state index < -0.39 is 0 Å². The van der Waals surface area contributed by atoms with Gasteiger partial charge in [-0.2, -0.15) is 5.10 Å². The standard InChI is InChI=1S/C11H18N2O/c1-8-10(11(2,3)4)9-7-14-6-5-13(9)12-8/h5-7H2,1-4H3. The Labute approximate surface area is 85.1 Å². The SMILES string of the molecule is Cc1nn2c(c1C(C)(C)C)COCC2. The number of nitrogens with zero attached hydrogens (tertiary/aromatic N) is 2. The molecule has 0 aliphatic carbocycles. The zero-order valence-corrected chi connectivity index (χ0v) is 9.42. The summed E-state index contributed by atoms with van der Waals surface area (Å²) in [5.41, 5.74) is 3.94. The Balaban J connectivity index is 2.53. The number of fused-ring (bicyclic) bond motifs is 1. The molecule has 0 unspecified atom stereocenters. The summed E-state index contributed by atoms with van der Waals surface area (Å²) in [5.74, 6) is 0. The highest BCUT2D eigenvalue weighted by Gasteiger charge is 2.26. The maximum Gasteiger partial charge on any atom is 0.0888 e. The summed E-state index contributed by atoms with van der Waals surface area (Å²) in [6.45, 7) is 11.2. The van der Waals surface area contributed by atoms with E-state index in [0.29, 0.717) is 6.61 Å². The molecule has 0 atom stereocenters. The maximum absolute atomic E-state index is 5.48. The molecule has 0 fully saturated rings. The minimum absolute atomic E-state index is 0.165. The third kappa shape index (κ3) is 1.46. The van der Waals surface area contributed by atoms with Crippen LogP contribution in [0.15, 0.2) is 0 Å². The fourth-order valence-electron chi connectivity index (χ4n) is 2.26. The monoisotopic (exact) mass is 194 g/mol. The van der Waals surface area contributed by atoms with Gasteiger partial charge in [0.1, 0.15) is 0 Å². The number of rotatable bonds is 0. The zero-order valence-electron chi connectivity index (χ0n) is 9.42. The summed E-state index contributed by atoms with van der Waals surface area (Å²) in [6.07, 6.45) is 0. The van der Waals surface area contributed by atoms with Crippen LogP contribution < -0.4 is 0 Å². The maximum atomic E-state index is 5.48. The van der Waals surface area contributed by atoms with Crippen LogP contribution in [0.2, 0.25) is 0 Å². The molecule has 2 rings (SSSR count). The van der Waals surface area contributed by atoms with Gasteiger partial charge in [0, 0.05) is 5.56 Å². The van der Waals surface area contributed by atoms with Crippen molar-refractivity contribution < 1.29 is 4.74 Å². The lowest BCUT2D eigenvalue weighted by atomic mass is 9.85. The molecule has 78 valence electrons. The average Bonchev–Trinajstić information content (AvgIpc) is 2.38. The predicted octanol–water partition coefficient (Wildman–Crippen LogP) is 2.02. The predicted molar refractivity (Wildman–Crippen MR) is 55.3 cm³/mol. The molecule has 0 aromatic carbocycles. The van der Waals surface area contributed by atoms with Crippen LogP contribution in [0.4, 0.5) is 0 Å². The smallest absolute Gasteiger partial charge is 0.0888 e. The van der Waals surface area contributed by atoms with Crippen molar-refractivity contribution in [1.29, 1.82) is 0 Å². The van der Waals surface area contributed by atoms with Crippen molar-refractivity contribution in [2.24, 2.45) is 0 Å². The first-order chi connectivity index (χ1) is 6.50. The Morgan fingerprint density at radius 1 is 1.36 bits per heavy atom. The topological polar surface area (TPSA) is 27.1 Å². The van der Waals surface area contributed by atoms with E-state index in [0.717, 1.165) is 18.8 Å². The average molecular weight is 194 g/mol. The molecule has 0 bridgehead atoms. The molecule has 3 nitrogen and oxygen atoms in total. The summed E-state index contributed by atoms with van der Waals surface area (Å²) >= 11 is 0. The Kier molecular flexibility index (Phi) is 2.14. The lowest BCUT2D eigenvalue weighted by molar-refractivity contribution is 0.0787. The molecule has 1 aliphatic heterocycles. The summed E-state index contributed by atoms with van der Waals surface area (Å²) in [4.78, 5) is 0. The lowest BCUT2D eigenvalue weighted by Crippen LogP contribution is -2.21. The van der Waals surface area contributed by atoms with Crippen molar-refractivity contribution in [2.45, 2.75) is 46.3 Å².